The fourth-order valence-corrected chi connectivity index (χ4v) is 5.64. The zero-order valence-electron chi connectivity index (χ0n) is 16.8. The number of para-hydroxylation sites is 1. The number of fused-ring (bicyclic) bond motifs is 4. The number of benzene rings is 2. The lowest BCUT2D eigenvalue weighted by atomic mass is 9.92. The summed E-state index contributed by atoms with van der Waals surface area (Å²) in [6, 6.07) is 23.8. The van der Waals surface area contributed by atoms with Crippen LogP contribution in [0.1, 0.15) is 34.9 Å². The van der Waals surface area contributed by atoms with E-state index >= 15 is 0 Å². The number of nitrogens with zero attached hydrogens (tertiary/aromatic N) is 2. The third kappa shape index (κ3) is 3.05. The largest absolute Gasteiger partial charge is 0.470 e. The first kappa shape index (κ1) is 18.2. The van der Waals surface area contributed by atoms with Crippen LogP contribution in [0.15, 0.2) is 78.2 Å². The standard InChI is InChI=1S/C25H25N3OS/c1-2-7-19(8-3-1)18-27-14-12-25(13-15-27)28-22(20-9-4-5-10-23(20)29-25)17-21(26-28)24-11-6-16-30-24/h1-11,16-17,22,26H,12-15,18H2/t22-/m1/s1. The molecule has 4 nitrogen and oxygen atoms in total. The second-order valence-electron chi connectivity index (χ2n) is 8.33. The minimum Gasteiger partial charge on any atom is -0.470 e. The minimum atomic E-state index is -0.318. The van der Waals surface area contributed by atoms with Crippen LogP contribution >= 0.6 is 11.3 Å². The van der Waals surface area contributed by atoms with Crippen molar-refractivity contribution in [3.8, 4) is 5.75 Å². The van der Waals surface area contributed by atoms with Gasteiger partial charge in [0, 0.05) is 38.0 Å². The Morgan fingerprint density at radius 3 is 2.57 bits per heavy atom. The predicted molar refractivity (Wildman–Crippen MR) is 121 cm³/mol. The first-order chi connectivity index (χ1) is 14.8. The molecule has 3 aromatic rings. The molecule has 1 fully saturated rings. The summed E-state index contributed by atoms with van der Waals surface area (Å²) in [5.41, 5.74) is 7.22. The molecule has 1 saturated heterocycles. The number of likely N-dealkylation sites (tertiary alicyclic amines) is 1. The molecule has 4 heterocycles. The Hall–Kier alpha value is -2.60. The molecular weight excluding hydrogens is 390 g/mol. The number of hydrazine groups is 1. The van der Waals surface area contributed by atoms with Gasteiger partial charge in [-0.3, -0.25) is 4.90 Å². The Labute approximate surface area is 181 Å². The van der Waals surface area contributed by atoms with Gasteiger partial charge in [0.1, 0.15) is 5.75 Å². The molecule has 3 aliphatic rings. The van der Waals surface area contributed by atoms with Crippen LogP contribution in [0, 0.1) is 0 Å². The molecule has 6 rings (SSSR count). The highest BCUT2D eigenvalue weighted by Gasteiger charge is 2.51. The first-order valence-electron chi connectivity index (χ1n) is 10.7. The first-order valence-corrected chi connectivity index (χ1v) is 11.5. The molecule has 0 radical (unpaired) electrons. The molecule has 152 valence electrons. The summed E-state index contributed by atoms with van der Waals surface area (Å²) in [5, 5.41) is 4.52. The van der Waals surface area contributed by atoms with Crippen molar-refractivity contribution in [1.29, 1.82) is 0 Å². The third-order valence-electron chi connectivity index (χ3n) is 6.49. The van der Waals surface area contributed by atoms with Gasteiger partial charge < -0.3 is 10.2 Å². The molecule has 2 aromatic carbocycles. The van der Waals surface area contributed by atoms with Crippen molar-refractivity contribution < 1.29 is 4.74 Å². The minimum absolute atomic E-state index is 0.202. The van der Waals surface area contributed by atoms with Crippen molar-refractivity contribution in [2.75, 3.05) is 13.1 Å². The number of nitrogens with one attached hydrogen (secondary N) is 1. The van der Waals surface area contributed by atoms with Gasteiger partial charge in [-0.25, -0.2) is 0 Å². The summed E-state index contributed by atoms with van der Waals surface area (Å²) < 4.78 is 6.75. The van der Waals surface area contributed by atoms with Crippen molar-refractivity contribution in [2.24, 2.45) is 0 Å². The normalized spacial score (nSPS) is 22.7. The van der Waals surface area contributed by atoms with E-state index in [1.165, 1.54) is 21.7 Å². The zero-order chi connectivity index (χ0) is 20.0. The summed E-state index contributed by atoms with van der Waals surface area (Å²) >= 11 is 1.78. The van der Waals surface area contributed by atoms with Gasteiger partial charge in [-0.15, -0.1) is 11.3 Å². The topological polar surface area (TPSA) is 27.7 Å². The highest BCUT2D eigenvalue weighted by Crippen LogP contribution is 2.48. The van der Waals surface area contributed by atoms with Crippen LogP contribution in [-0.2, 0) is 6.54 Å². The van der Waals surface area contributed by atoms with Gasteiger partial charge in [-0.2, -0.15) is 5.01 Å². The molecule has 0 unspecified atom stereocenters. The molecule has 3 aliphatic heterocycles. The van der Waals surface area contributed by atoms with E-state index in [9.17, 15) is 0 Å². The Bertz CT molecular complexity index is 1060. The quantitative estimate of drug-likeness (QED) is 0.649. The van der Waals surface area contributed by atoms with Crippen molar-refractivity contribution in [3.63, 3.8) is 0 Å². The lowest BCUT2D eigenvalue weighted by molar-refractivity contribution is -0.160. The summed E-state index contributed by atoms with van der Waals surface area (Å²) in [6.45, 7) is 3.05. The molecule has 0 saturated carbocycles. The monoisotopic (exact) mass is 415 g/mol. The number of ether oxygens (including phenoxy) is 1. The Morgan fingerprint density at radius 2 is 1.77 bits per heavy atom. The van der Waals surface area contributed by atoms with Crippen LogP contribution in [0.2, 0.25) is 0 Å². The van der Waals surface area contributed by atoms with E-state index in [2.05, 4.69) is 93.5 Å². The number of hydrogen-bond donors (Lipinski definition) is 1. The second kappa shape index (κ2) is 7.27. The molecule has 30 heavy (non-hydrogen) atoms. The van der Waals surface area contributed by atoms with E-state index < -0.39 is 0 Å². The van der Waals surface area contributed by atoms with Gasteiger partial charge >= 0.3 is 0 Å². The lowest BCUT2D eigenvalue weighted by Crippen LogP contribution is -2.63. The van der Waals surface area contributed by atoms with Crippen molar-refractivity contribution in [3.05, 3.63) is 94.2 Å². The average molecular weight is 416 g/mol. The van der Waals surface area contributed by atoms with E-state index in [1.54, 1.807) is 11.3 Å². The van der Waals surface area contributed by atoms with Gasteiger partial charge in [-0.1, -0.05) is 54.6 Å². The molecule has 1 spiro atoms. The van der Waals surface area contributed by atoms with Gasteiger partial charge in [0.2, 0.25) is 0 Å². The molecular formula is C25H25N3OS. The Morgan fingerprint density at radius 1 is 0.967 bits per heavy atom. The summed E-state index contributed by atoms with van der Waals surface area (Å²) in [7, 11) is 0. The van der Waals surface area contributed by atoms with Crippen molar-refractivity contribution in [1.82, 2.24) is 15.3 Å². The van der Waals surface area contributed by atoms with Crippen LogP contribution in [0.4, 0.5) is 0 Å². The van der Waals surface area contributed by atoms with Gasteiger partial charge in [0.15, 0.2) is 5.72 Å². The fraction of sp³-hybridized carbons (Fsp3) is 0.280. The number of thiophene rings is 1. The molecule has 1 N–H and O–H groups in total. The molecule has 0 amide bonds. The number of rotatable bonds is 3. The lowest BCUT2D eigenvalue weighted by Gasteiger charge is -2.51. The maximum Gasteiger partial charge on any atom is 0.182 e. The maximum absolute atomic E-state index is 6.75. The van der Waals surface area contributed by atoms with Crippen molar-refractivity contribution in [2.45, 2.75) is 31.2 Å². The van der Waals surface area contributed by atoms with E-state index in [-0.39, 0.29) is 11.8 Å². The zero-order valence-corrected chi connectivity index (χ0v) is 17.6. The number of piperidine rings is 1. The van der Waals surface area contributed by atoms with E-state index in [0.29, 0.717) is 0 Å². The summed E-state index contributed by atoms with van der Waals surface area (Å²) in [4.78, 5) is 3.82. The molecule has 5 heteroatoms. The van der Waals surface area contributed by atoms with Gasteiger partial charge in [0.25, 0.3) is 0 Å². The van der Waals surface area contributed by atoms with E-state index in [1.807, 2.05) is 0 Å². The van der Waals surface area contributed by atoms with Crippen LogP contribution in [0.25, 0.3) is 5.70 Å². The SMILES string of the molecule is C1=C(c2cccs2)NN2[C@H]1c1ccccc1OC21CCN(Cc2ccccc2)CC1. The van der Waals surface area contributed by atoms with Crippen LogP contribution in [0.5, 0.6) is 5.75 Å². The van der Waals surface area contributed by atoms with E-state index in [0.717, 1.165) is 38.2 Å². The Balaban J connectivity index is 1.28. The van der Waals surface area contributed by atoms with Crippen molar-refractivity contribution >= 4 is 17.0 Å². The molecule has 0 aliphatic carbocycles. The second-order valence-corrected chi connectivity index (χ2v) is 9.28. The fourth-order valence-electron chi connectivity index (χ4n) is 4.94. The third-order valence-corrected chi connectivity index (χ3v) is 7.40. The maximum atomic E-state index is 6.75. The van der Waals surface area contributed by atoms with E-state index in [4.69, 9.17) is 4.74 Å². The highest BCUT2D eigenvalue weighted by molar-refractivity contribution is 7.11. The van der Waals surface area contributed by atoms with Gasteiger partial charge in [0.05, 0.1) is 16.6 Å². The summed E-state index contributed by atoms with van der Waals surface area (Å²) in [5.74, 6) is 1.03. The Kier molecular flexibility index (Phi) is 4.41. The molecule has 1 atom stereocenters. The molecule has 1 aromatic heterocycles. The highest BCUT2D eigenvalue weighted by atomic mass is 32.1. The van der Waals surface area contributed by atoms with Crippen LogP contribution < -0.4 is 10.2 Å². The average Bonchev–Trinajstić information content (AvgIpc) is 3.47. The van der Waals surface area contributed by atoms with Gasteiger partial charge in [-0.05, 0) is 29.2 Å². The van der Waals surface area contributed by atoms with Crippen LogP contribution in [0.3, 0.4) is 0 Å². The van der Waals surface area contributed by atoms with Crippen LogP contribution in [-0.4, -0.2) is 28.7 Å². The number of hydrogen-bond acceptors (Lipinski definition) is 5. The summed E-state index contributed by atoms with van der Waals surface area (Å²) in [6.07, 6.45) is 4.32. The predicted octanol–water partition coefficient (Wildman–Crippen LogP) is 5.04. The smallest absolute Gasteiger partial charge is 0.182 e. The molecule has 0 bridgehead atoms.